The second-order valence-electron chi connectivity index (χ2n) is 2.32. The van der Waals surface area contributed by atoms with Crippen LogP contribution < -0.4 is 0 Å². The zero-order chi connectivity index (χ0) is 10.4. The summed E-state index contributed by atoms with van der Waals surface area (Å²) < 4.78 is 9.24. The Morgan fingerprint density at radius 2 is 1.92 bits per heavy atom. The van der Waals surface area contributed by atoms with Gasteiger partial charge in [-0.2, -0.15) is 0 Å². The van der Waals surface area contributed by atoms with Gasteiger partial charge in [-0.15, -0.1) is 0 Å². The largest absolute Gasteiger partial charge is 0.479 e. The lowest BCUT2D eigenvalue weighted by Crippen LogP contribution is -2.45. The number of carboxylic acid groups (broad SMARTS) is 1. The van der Waals surface area contributed by atoms with Gasteiger partial charge in [0.05, 0.1) is 0 Å². The molecule has 3 atom stereocenters. The summed E-state index contributed by atoms with van der Waals surface area (Å²) in [6.45, 7) is 0. The number of rotatable bonds is 6. The molecule has 0 unspecified atom stereocenters. The number of carboxylic acids is 1. The van der Waals surface area contributed by atoms with Gasteiger partial charge in [0.25, 0.3) is 0 Å². The van der Waals surface area contributed by atoms with E-state index in [0.717, 1.165) is 0 Å². The molecule has 0 amide bonds. The second kappa shape index (κ2) is 5.63. The fourth-order valence-corrected chi connectivity index (χ4v) is 0.850. The fraction of sp³-hybridized carbons (Fsp3) is 0.714. The van der Waals surface area contributed by atoms with Crippen molar-refractivity contribution in [3.8, 4) is 0 Å². The van der Waals surface area contributed by atoms with E-state index in [4.69, 9.17) is 10.2 Å². The van der Waals surface area contributed by atoms with E-state index in [9.17, 15) is 9.59 Å². The van der Waals surface area contributed by atoms with Crippen LogP contribution in [-0.2, 0) is 19.1 Å². The highest BCUT2D eigenvalue weighted by molar-refractivity contribution is 5.74. The Kier molecular flexibility index (Phi) is 5.20. The number of aldehydes is 1. The molecule has 6 nitrogen and oxygen atoms in total. The lowest BCUT2D eigenvalue weighted by molar-refractivity contribution is -0.163. The van der Waals surface area contributed by atoms with Crippen LogP contribution >= 0.6 is 0 Å². The molecule has 0 aliphatic rings. The molecular formula is C7H12O6. The van der Waals surface area contributed by atoms with Crippen LogP contribution in [0.5, 0.6) is 0 Å². The Balaban J connectivity index is 4.46. The van der Waals surface area contributed by atoms with Gasteiger partial charge in [-0.3, -0.25) is 0 Å². The van der Waals surface area contributed by atoms with Crippen molar-refractivity contribution in [2.75, 3.05) is 14.2 Å². The molecule has 0 rings (SSSR count). The van der Waals surface area contributed by atoms with Crippen molar-refractivity contribution < 1.29 is 29.3 Å². The Labute approximate surface area is 75.1 Å². The number of hydrogen-bond donors (Lipinski definition) is 2. The highest BCUT2D eigenvalue weighted by Crippen LogP contribution is 2.06. The van der Waals surface area contributed by atoms with Crippen molar-refractivity contribution in [2.45, 2.75) is 18.3 Å². The number of ether oxygens (including phenoxy) is 2. The number of aliphatic hydroxyl groups is 1. The molecule has 13 heavy (non-hydrogen) atoms. The quantitative estimate of drug-likeness (QED) is 0.506. The summed E-state index contributed by atoms with van der Waals surface area (Å²) in [5, 5.41) is 17.5. The van der Waals surface area contributed by atoms with Crippen LogP contribution in [0, 0.1) is 0 Å². The maximum Gasteiger partial charge on any atom is 0.335 e. The minimum Gasteiger partial charge on any atom is -0.479 e. The summed E-state index contributed by atoms with van der Waals surface area (Å²) in [5.74, 6) is -1.46. The van der Waals surface area contributed by atoms with Crippen molar-refractivity contribution in [2.24, 2.45) is 0 Å². The van der Waals surface area contributed by atoms with Gasteiger partial charge in [0.15, 0.2) is 12.4 Å². The molecular weight excluding hydrogens is 180 g/mol. The normalized spacial score (nSPS) is 17.5. The lowest BCUT2D eigenvalue weighted by atomic mass is 10.1. The molecule has 6 heteroatoms. The SMILES string of the molecule is CO[C@H]([C@H](C=O)OC)[C@H](O)C(=O)O. The van der Waals surface area contributed by atoms with Crippen molar-refractivity contribution in [3.05, 3.63) is 0 Å². The van der Waals surface area contributed by atoms with Crippen molar-refractivity contribution in [3.63, 3.8) is 0 Å². The summed E-state index contributed by atoms with van der Waals surface area (Å²) >= 11 is 0. The molecule has 0 aromatic carbocycles. The topological polar surface area (TPSA) is 93.1 Å². The molecule has 0 fully saturated rings. The lowest BCUT2D eigenvalue weighted by Gasteiger charge is -2.22. The van der Waals surface area contributed by atoms with E-state index in [-0.39, 0.29) is 0 Å². The first kappa shape index (κ1) is 12.0. The Morgan fingerprint density at radius 1 is 1.38 bits per heavy atom. The Hall–Kier alpha value is -0.980. The van der Waals surface area contributed by atoms with Crippen molar-refractivity contribution >= 4 is 12.3 Å². The molecule has 2 N–H and O–H groups in total. The molecule has 0 heterocycles. The summed E-state index contributed by atoms with van der Waals surface area (Å²) in [6, 6.07) is 0. The molecule has 0 aromatic heterocycles. The molecule has 0 aliphatic heterocycles. The maximum absolute atomic E-state index is 10.4. The molecule has 0 bridgehead atoms. The van der Waals surface area contributed by atoms with Gasteiger partial charge in [0.2, 0.25) is 0 Å². The van der Waals surface area contributed by atoms with E-state index in [1.165, 1.54) is 14.2 Å². The van der Waals surface area contributed by atoms with Crippen LogP contribution in [0.1, 0.15) is 0 Å². The third kappa shape index (κ3) is 3.10. The van der Waals surface area contributed by atoms with Crippen LogP contribution in [0.3, 0.4) is 0 Å². The first-order valence-corrected chi connectivity index (χ1v) is 3.50. The first-order valence-electron chi connectivity index (χ1n) is 3.50. The average Bonchev–Trinajstić information content (AvgIpc) is 2.12. The van der Waals surface area contributed by atoms with Crippen molar-refractivity contribution in [1.29, 1.82) is 0 Å². The van der Waals surface area contributed by atoms with E-state index in [1.54, 1.807) is 0 Å². The number of carbonyl (C=O) groups excluding carboxylic acids is 1. The number of aliphatic carboxylic acids is 1. The Bertz CT molecular complexity index is 178. The number of carbonyl (C=O) groups is 2. The van der Waals surface area contributed by atoms with Gasteiger partial charge < -0.3 is 24.5 Å². The van der Waals surface area contributed by atoms with E-state index in [0.29, 0.717) is 6.29 Å². The van der Waals surface area contributed by atoms with Gasteiger partial charge in [-0.25, -0.2) is 4.79 Å². The smallest absolute Gasteiger partial charge is 0.335 e. The van der Waals surface area contributed by atoms with Gasteiger partial charge in [-0.1, -0.05) is 0 Å². The highest BCUT2D eigenvalue weighted by atomic mass is 16.5. The van der Waals surface area contributed by atoms with Gasteiger partial charge >= 0.3 is 5.97 Å². The maximum atomic E-state index is 10.4. The van der Waals surface area contributed by atoms with Crippen LogP contribution in [0.25, 0.3) is 0 Å². The van der Waals surface area contributed by atoms with E-state index < -0.39 is 24.3 Å². The van der Waals surface area contributed by atoms with Gasteiger partial charge in [0, 0.05) is 14.2 Å². The van der Waals surface area contributed by atoms with E-state index in [1.807, 2.05) is 0 Å². The van der Waals surface area contributed by atoms with Crippen molar-refractivity contribution in [1.82, 2.24) is 0 Å². The second-order valence-corrected chi connectivity index (χ2v) is 2.32. The monoisotopic (exact) mass is 192 g/mol. The minimum absolute atomic E-state index is 0.375. The molecule has 0 saturated heterocycles. The predicted molar refractivity (Wildman–Crippen MR) is 41.3 cm³/mol. The van der Waals surface area contributed by atoms with Crippen LogP contribution in [-0.4, -0.2) is 55.0 Å². The number of methoxy groups -OCH3 is 2. The first-order chi connectivity index (χ1) is 6.08. The summed E-state index contributed by atoms with van der Waals surface area (Å²) in [4.78, 5) is 20.7. The van der Waals surface area contributed by atoms with E-state index in [2.05, 4.69) is 9.47 Å². The zero-order valence-corrected chi connectivity index (χ0v) is 7.34. The van der Waals surface area contributed by atoms with Gasteiger partial charge in [0.1, 0.15) is 12.2 Å². The standard InChI is InChI=1S/C7H12O6/c1-12-4(3-8)6(13-2)5(9)7(10)11/h3-6,9H,1-2H3,(H,10,11)/t4-,5-,6+/m0/s1. The zero-order valence-electron chi connectivity index (χ0n) is 7.34. The highest BCUT2D eigenvalue weighted by Gasteiger charge is 2.32. The Morgan fingerprint density at radius 3 is 2.15 bits per heavy atom. The van der Waals surface area contributed by atoms with Crippen LogP contribution in [0.2, 0.25) is 0 Å². The molecule has 0 aliphatic carbocycles. The summed E-state index contributed by atoms with van der Waals surface area (Å²) in [6.07, 6.45) is -3.68. The molecule has 76 valence electrons. The summed E-state index contributed by atoms with van der Waals surface area (Å²) in [5.41, 5.74) is 0. The van der Waals surface area contributed by atoms with Gasteiger partial charge in [-0.05, 0) is 0 Å². The third-order valence-electron chi connectivity index (χ3n) is 1.57. The van der Waals surface area contributed by atoms with E-state index >= 15 is 0 Å². The average molecular weight is 192 g/mol. The molecule has 0 aromatic rings. The fourth-order valence-electron chi connectivity index (χ4n) is 0.850. The molecule has 0 spiro atoms. The minimum atomic E-state index is -1.78. The number of aliphatic hydroxyl groups excluding tert-OH is 1. The van der Waals surface area contributed by atoms with Crippen LogP contribution in [0.4, 0.5) is 0 Å². The number of hydrogen-bond acceptors (Lipinski definition) is 5. The molecule has 0 saturated carbocycles. The predicted octanol–water partition coefficient (Wildman–Crippen LogP) is -1.34. The van der Waals surface area contributed by atoms with Crippen LogP contribution in [0.15, 0.2) is 0 Å². The third-order valence-corrected chi connectivity index (χ3v) is 1.57. The summed E-state index contributed by atoms with van der Waals surface area (Å²) in [7, 11) is 2.41. The molecule has 0 radical (unpaired) electrons.